The largest absolute Gasteiger partial charge is 0.386 e. The number of carbonyl (C=O) groups is 1. The molecule has 1 fully saturated rings. The fraction of sp³-hybridized carbons (Fsp3) is 0.500. The maximum absolute atomic E-state index is 12.7. The summed E-state index contributed by atoms with van der Waals surface area (Å²) in [6.45, 7) is 8.03. The molecule has 2 N–H and O–H groups in total. The maximum atomic E-state index is 12.7. The SMILES string of the molecule is CC(C)C1CCC(n2cc3cc(NC(=O)c4ccncn4)c(C(C)(C)O)cc3n2)CC1. The molecular formula is C24H31N5O2. The first-order chi connectivity index (χ1) is 14.7. The number of nitrogens with zero attached hydrogens (tertiary/aromatic N) is 4. The van der Waals surface area contributed by atoms with Crippen LogP contribution in [0.25, 0.3) is 10.9 Å². The van der Waals surface area contributed by atoms with E-state index in [-0.39, 0.29) is 11.6 Å². The van der Waals surface area contributed by atoms with Crippen LogP contribution in [-0.2, 0) is 5.60 Å². The van der Waals surface area contributed by atoms with Crippen LogP contribution in [-0.4, -0.2) is 30.8 Å². The van der Waals surface area contributed by atoms with Crippen molar-refractivity contribution in [2.45, 2.75) is 65.0 Å². The quantitative estimate of drug-likeness (QED) is 0.623. The third-order valence-electron chi connectivity index (χ3n) is 6.44. The van der Waals surface area contributed by atoms with Crippen molar-refractivity contribution in [3.8, 4) is 0 Å². The summed E-state index contributed by atoms with van der Waals surface area (Å²) in [6.07, 6.45) is 9.65. The average Bonchev–Trinajstić information content (AvgIpc) is 3.16. The first-order valence-corrected chi connectivity index (χ1v) is 11.1. The smallest absolute Gasteiger partial charge is 0.274 e. The number of benzene rings is 1. The van der Waals surface area contributed by atoms with Gasteiger partial charge < -0.3 is 10.4 Å². The molecule has 0 spiro atoms. The van der Waals surface area contributed by atoms with Crippen LogP contribution in [0, 0.1) is 11.8 Å². The highest BCUT2D eigenvalue weighted by Gasteiger charge is 2.27. The molecule has 3 aromatic rings. The van der Waals surface area contributed by atoms with Crippen molar-refractivity contribution in [1.82, 2.24) is 19.7 Å². The summed E-state index contributed by atoms with van der Waals surface area (Å²) in [6, 6.07) is 5.72. The molecule has 2 heterocycles. The van der Waals surface area contributed by atoms with Crippen LogP contribution in [0.15, 0.2) is 36.9 Å². The predicted molar refractivity (Wildman–Crippen MR) is 121 cm³/mol. The number of aliphatic hydroxyl groups is 1. The average molecular weight is 422 g/mol. The Balaban J connectivity index is 1.64. The van der Waals surface area contributed by atoms with E-state index in [0.717, 1.165) is 35.6 Å². The molecule has 4 rings (SSSR count). The van der Waals surface area contributed by atoms with Gasteiger partial charge in [0.05, 0.1) is 17.2 Å². The Morgan fingerprint density at radius 2 is 1.97 bits per heavy atom. The van der Waals surface area contributed by atoms with E-state index in [0.29, 0.717) is 17.3 Å². The number of hydrogen-bond donors (Lipinski definition) is 2. The summed E-state index contributed by atoms with van der Waals surface area (Å²) in [5.74, 6) is 1.19. The molecule has 164 valence electrons. The Bertz CT molecular complexity index is 1060. The Kier molecular flexibility index (Phi) is 5.79. The van der Waals surface area contributed by atoms with Crippen LogP contribution >= 0.6 is 0 Å². The van der Waals surface area contributed by atoms with Gasteiger partial charge in [0.2, 0.25) is 0 Å². The number of hydrogen-bond acceptors (Lipinski definition) is 5. The second kappa shape index (κ2) is 8.38. The lowest BCUT2D eigenvalue weighted by Gasteiger charge is -2.30. The van der Waals surface area contributed by atoms with Crippen molar-refractivity contribution in [2.75, 3.05) is 5.32 Å². The summed E-state index contributed by atoms with van der Waals surface area (Å²) in [5.41, 5.74) is 1.14. The van der Waals surface area contributed by atoms with Gasteiger partial charge in [-0.3, -0.25) is 9.48 Å². The van der Waals surface area contributed by atoms with Gasteiger partial charge in [0, 0.05) is 29.0 Å². The van der Waals surface area contributed by atoms with E-state index >= 15 is 0 Å². The minimum atomic E-state index is -1.14. The molecule has 2 aromatic heterocycles. The number of amides is 1. The van der Waals surface area contributed by atoms with Crippen molar-refractivity contribution >= 4 is 22.5 Å². The molecule has 1 aromatic carbocycles. The molecular weight excluding hydrogens is 390 g/mol. The van der Waals surface area contributed by atoms with Crippen molar-refractivity contribution in [1.29, 1.82) is 0 Å². The molecule has 31 heavy (non-hydrogen) atoms. The molecule has 0 aliphatic heterocycles. The molecule has 0 bridgehead atoms. The standard InChI is InChI=1S/C24H31N5O2/c1-15(2)16-5-7-18(8-6-16)29-13-17-11-22(19(24(3,4)31)12-21(17)28-29)27-23(30)20-9-10-25-14-26-20/h9-16,18,31H,5-8H2,1-4H3,(H,27,30). The number of fused-ring (bicyclic) bond motifs is 1. The van der Waals surface area contributed by atoms with E-state index in [4.69, 9.17) is 5.10 Å². The molecule has 0 unspecified atom stereocenters. The van der Waals surface area contributed by atoms with E-state index in [2.05, 4.69) is 40.0 Å². The summed E-state index contributed by atoms with van der Waals surface area (Å²) in [4.78, 5) is 20.5. The van der Waals surface area contributed by atoms with Crippen LogP contribution in [0.4, 0.5) is 5.69 Å². The lowest BCUT2D eigenvalue weighted by atomic mass is 9.80. The Hall–Kier alpha value is -2.80. The van der Waals surface area contributed by atoms with E-state index in [1.54, 1.807) is 19.9 Å². The van der Waals surface area contributed by atoms with Crippen LogP contribution in [0.1, 0.15) is 75.5 Å². The summed E-state index contributed by atoms with van der Waals surface area (Å²) < 4.78 is 2.07. The van der Waals surface area contributed by atoms with E-state index < -0.39 is 5.60 Å². The van der Waals surface area contributed by atoms with Crippen LogP contribution in [0.3, 0.4) is 0 Å². The fourth-order valence-electron chi connectivity index (χ4n) is 4.53. The summed E-state index contributed by atoms with van der Waals surface area (Å²) >= 11 is 0. The number of anilines is 1. The number of carbonyl (C=O) groups excluding carboxylic acids is 1. The first-order valence-electron chi connectivity index (χ1n) is 11.1. The zero-order valence-electron chi connectivity index (χ0n) is 18.7. The zero-order valence-corrected chi connectivity index (χ0v) is 18.7. The molecule has 0 saturated heterocycles. The molecule has 0 radical (unpaired) electrons. The topological polar surface area (TPSA) is 92.9 Å². The third-order valence-corrected chi connectivity index (χ3v) is 6.44. The second-order valence-electron chi connectivity index (χ2n) is 9.49. The van der Waals surface area contributed by atoms with E-state index in [1.165, 1.54) is 25.4 Å². The van der Waals surface area contributed by atoms with E-state index in [1.807, 2.05) is 12.1 Å². The van der Waals surface area contributed by atoms with Crippen LogP contribution < -0.4 is 5.32 Å². The molecule has 1 amide bonds. The van der Waals surface area contributed by atoms with Gasteiger partial charge in [-0.1, -0.05) is 13.8 Å². The van der Waals surface area contributed by atoms with Crippen molar-refractivity contribution in [3.05, 3.63) is 48.2 Å². The summed E-state index contributed by atoms with van der Waals surface area (Å²) in [7, 11) is 0. The molecule has 7 heteroatoms. The molecule has 7 nitrogen and oxygen atoms in total. The fourth-order valence-corrected chi connectivity index (χ4v) is 4.53. The van der Waals surface area contributed by atoms with E-state index in [9.17, 15) is 9.90 Å². The molecule has 1 aliphatic rings. The van der Waals surface area contributed by atoms with Crippen LogP contribution in [0.5, 0.6) is 0 Å². The van der Waals surface area contributed by atoms with Crippen LogP contribution in [0.2, 0.25) is 0 Å². The molecule has 1 aliphatic carbocycles. The van der Waals surface area contributed by atoms with Gasteiger partial charge in [-0.25, -0.2) is 9.97 Å². The minimum absolute atomic E-state index is 0.273. The number of aromatic nitrogens is 4. The molecule has 1 saturated carbocycles. The Morgan fingerprint density at radius 3 is 2.58 bits per heavy atom. The Labute approximate surface area is 182 Å². The van der Waals surface area contributed by atoms with Gasteiger partial charge in [-0.05, 0) is 69.6 Å². The molecule has 0 atom stereocenters. The van der Waals surface area contributed by atoms with Crippen molar-refractivity contribution in [3.63, 3.8) is 0 Å². The van der Waals surface area contributed by atoms with Gasteiger partial charge in [-0.15, -0.1) is 0 Å². The second-order valence-corrected chi connectivity index (χ2v) is 9.49. The number of nitrogens with one attached hydrogen (secondary N) is 1. The first kappa shape index (κ1) is 21.4. The van der Waals surface area contributed by atoms with Crippen molar-refractivity contribution < 1.29 is 9.90 Å². The highest BCUT2D eigenvalue weighted by atomic mass is 16.3. The van der Waals surface area contributed by atoms with Gasteiger partial charge in [0.1, 0.15) is 12.0 Å². The zero-order chi connectivity index (χ0) is 22.2. The van der Waals surface area contributed by atoms with Gasteiger partial charge in [-0.2, -0.15) is 5.10 Å². The Morgan fingerprint density at radius 1 is 1.23 bits per heavy atom. The highest BCUT2D eigenvalue weighted by molar-refractivity contribution is 6.04. The third kappa shape index (κ3) is 4.61. The maximum Gasteiger partial charge on any atom is 0.274 e. The lowest BCUT2D eigenvalue weighted by Crippen LogP contribution is -2.21. The lowest BCUT2D eigenvalue weighted by molar-refractivity contribution is 0.0793. The minimum Gasteiger partial charge on any atom is -0.386 e. The normalized spacial score (nSPS) is 19.7. The summed E-state index contributed by atoms with van der Waals surface area (Å²) in [5, 5.41) is 19.4. The van der Waals surface area contributed by atoms with Crippen molar-refractivity contribution in [2.24, 2.45) is 11.8 Å². The number of rotatable bonds is 5. The van der Waals surface area contributed by atoms with Gasteiger partial charge in [0.15, 0.2) is 0 Å². The highest BCUT2D eigenvalue weighted by Crippen LogP contribution is 2.37. The van der Waals surface area contributed by atoms with Gasteiger partial charge >= 0.3 is 0 Å². The van der Waals surface area contributed by atoms with Gasteiger partial charge in [0.25, 0.3) is 5.91 Å². The monoisotopic (exact) mass is 421 g/mol. The predicted octanol–water partition coefficient (Wildman–Crippen LogP) is 4.69.